The van der Waals surface area contributed by atoms with Gasteiger partial charge in [-0.2, -0.15) is 0 Å². The van der Waals surface area contributed by atoms with Crippen molar-refractivity contribution < 1.29 is 28.5 Å². The van der Waals surface area contributed by atoms with E-state index in [2.05, 4.69) is 24.3 Å². The van der Waals surface area contributed by atoms with Gasteiger partial charge in [-0.25, -0.2) is 0 Å². The van der Waals surface area contributed by atoms with Crippen molar-refractivity contribution in [3.05, 3.63) is 154 Å². The molecule has 49 heavy (non-hydrogen) atoms. The molecule has 0 bridgehead atoms. The Kier molecular flexibility index (Phi) is 8.11. The van der Waals surface area contributed by atoms with Crippen molar-refractivity contribution in [1.82, 2.24) is 0 Å². The van der Waals surface area contributed by atoms with E-state index in [1.54, 1.807) is 14.2 Å². The molecule has 4 atom stereocenters. The molecule has 4 aromatic carbocycles. The topological polar surface area (TPSA) is 71.1 Å². The van der Waals surface area contributed by atoms with E-state index in [0.29, 0.717) is 50.0 Å². The number of allylic oxidation sites excluding steroid dienone is 4. The third-order valence-corrected chi connectivity index (χ3v) is 10.9. The van der Waals surface area contributed by atoms with E-state index in [0.717, 1.165) is 44.9 Å². The summed E-state index contributed by atoms with van der Waals surface area (Å²) in [4.78, 5) is 28.3. The molecule has 0 saturated carbocycles. The van der Waals surface area contributed by atoms with Gasteiger partial charge in [-0.1, -0.05) is 84.9 Å². The van der Waals surface area contributed by atoms with Crippen LogP contribution >= 0.6 is 0 Å². The van der Waals surface area contributed by atoms with E-state index in [1.807, 2.05) is 84.9 Å². The third kappa shape index (κ3) is 5.83. The van der Waals surface area contributed by atoms with Crippen molar-refractivity contribution in [2.75, 3.05) is 14.2 Å². The van der Waals surface area contributed by atoms with Crippen molar-refractivity contribution in [3.8, 4) is 11.5 Å². The molecule has 0 saturated heterocycles. The highest BCUT2D eigenvalue weighted by molar-refractivity contribution is 6.00. The highest BCUT2D eigenvalue weighted by Gasteiger charge is 2.54. The first-order valence-electron chi connectivity index (χ1n) is 17.2. The van der Waals surface area contributed by atoms with Gasteiger partial charge in [0.2, 0.25) is 0 Å². The number of Topliss-reactive ketones (excluding diaryl/α,β-unsaturated/α-hetero) is 2. The summed E-state index contributed by atoms with van der Waals surface area (Å²) in [7, 11) is 3.31. The molecule has 6 heteroatoms. The van der Waals surface area contributed by atoms with Crippen LogP contribution in [0.4, 0.5) is 0 Å². The van der Waals surface area contributed by atoms with Gasteiger partial charge < -0.3 is 18.9 Å². The van der Waals surface area contributed by atoms with Crippen molar-refractivity contribution >= 4 is 11.6 Å². The lowest BCUT2D eigenvalue weighted by Gasteiger charge is -2.50. The molecule has 0 N–H and O–H groups in total. The van der Waals surface area contributed by atoms with E-state index >= 15 is 0 Å². The molecule has 6 nitrogen and oxygen atoms in total. The minimum Gasteiger partial charge on any atom is -0.497 e. The van der Waals surface area contributed by atoms with Gasteiger partial charge in [-0.15, -0.1) is 0 Å². The first kappa shape index (κ1) is 31.2. The van der Waals surface area contributed by atoms with Crippen LogP contribution in [0, 0.1) is 0 Å². The highest BCUT2D eigenvalue weighted by atomic mass is 16.7. The van der Waals surface area contributed by atoms with Crippen LogP contribution in [0.5, 0.6) is 11.5 Å². The van der Waals surface area contributed by atoms with Crippen molar-refractivity contribution in [1.29, 1.82) is 0 Å². The lowest BCUT2D eigenvalue weighted by atomic mass is 9.69. The number of carbonyl (C=O) groups is 2. The number of ether oxygens (including phenoxy) is 4. The molecule has 0 fully saturated rings. The second kappa shape index (κ2) is 12.7. The number of hydrogen-bond acceptors (Lipinski definition) is 6. The summed E-state index contributed by atoms with van der Waals surface area (Å²) in [6.07, 6.45) is 2.98. The summed E-state index contributed by atoms with van der Waals surface area (Å²) >= 11 is 0. The van der Waals surface area contributed by atoms with Gasteiger partial charge in [0, 0.05) is 61.5 Å². The monoisotopic (exact) mass is 652 g/mol. The molecule has 4 aliphatic rings. The van der Waals surface area contributed by atoms with E-state index in [-0.39, 0.29) is 35.2 Å². The minimum atomic E-state index is -1.08. The number of methoxy groups -OCH3 is 2. The molecule has 0 aromatic heterocycles. The van der Waals surface area contributed by atoms with Gasteiger partial charge in [-0.05, 0) is 58.4 Å². The Bertz CT molecular complexity index is 1780. The molecule has 2 aliphatic heterocycles. The molecule has 1 spiro atoms. The lowest BCUT2D eigenvalue weighted by Crippen LogP contribution is -2.48. The highest BCUT2D eigenvalue weighted by Crippen LogP contribution is 2.57. The van der Waals surface area contributed by atoms with Gasteiger partial charge in [0.15, 0.2) is 11.6 Å². The fourth-order valence-electron chi connectivity index (χ4n) is 8.47. The number of benzene rings is 4. The molecule has 4 unspecified atom stereocenters. The molecule has 2 heterocycles. The van der Waals surface area contributed by atoms with Crippen molar-refractivity contribution in [2.45, 2.75) is 68.0 Å². The second-order valence-electron chi connectivity index (χ2n) is 13.7. The van der Waals surface area contributed by atoms with Crippen LogP contribution in [-0.2, 0) is 19.1 Å². The summed E-state index contributed by atoms with van der Waals surface area (Å²) in [5.74, 6) is 1.63. The fourth-order valence-corrected chi connectivity index (χ4v) is 8.47. The molecule has 4 aromatic rings. The van der Waals surface area contributed by atoms with Crippen LogP contribution in [0.25, 0.3) is 0 Å². The van der Waals surface area contributed by atoms with Gasteiger partial charge in [0.1, 0.15) is 23.0 Å². The predicted octanol–water partition coefficient (Wildman–Crippen LogP) is 8.91. The standard InChI is InChI=1S/C43H40O6/c1-46-33-17-13-29(14-18-33)35-25-43(48-39-23-31(21-37(44)41(35)39)27-9-5-3-6-10-27)26-36(30-15-19-34(47-2)20-16-30)42-38(45)22-32(24-40(42)49-43)28-11-7-4-8-12-28/h3-20,31-32,35-36H,21-26H2,1-2H3. The average Bonchev–Trinajstić information content (AvgIpc) is 3.14. The Hall–Kier alpha value is -5.10. The third-order valence-electron chi connectivity index (χ3n) is 10.9. The maximum Gasteiger partial charge on any atom is 0.252 e. The Morgan fingerprint density at radius 2 is 0.898 bits per heavy atom. The second-order valence-corrected chi connectivity index (χ2v) is 13.7. The minimum absolute atomic E-state index is 0.00795. The molecule has 248 valence electrons. The van der Waals surface area contributed by atoms with Crippen LogP contribution < -0.4 is 9.47 Å². The largest absolute Gasteiger partial charge is 0.497 e. The first-order valence-corrected chi connectivity index (χ1v) is 17.2. The van der Waals surface area contributed by atoms with Gasteiger partial charge >= 0.3 is 0 Å². The van der Waals surface area contributed by atoms with Crippen LogP contribution in [0.15, 0.2) is 132 Å². The summed E-state index contributed by atoms with van der Waals surface area (Å²) in [6.45, 7) is 0. The summed E-state index contributed by atoms with van der Waals surface area (Å²) < 4.78 is 25.2. The Balaban J connectivity index is 1.24. The fraction of sp³-hybridized carbons (Fsp3) is 0.302. The Morgan fingerprint density at radius 3 is 1.27 bits per heavy atom. The lowest BCUT2D eigenvalue weighted by molar-refractivity contribution is -0.225. The first-order chi connectivity index (χ1) is 23.9. The molecular weight excluding hydrogens is 612 g/mol. The SMILES string of the molecule is COc1ccc(C2CC3(CC(c4ccc(OC)cc4)C4=C(CC(c5ccccc5)CC4=O)O3)OC3=C2C(=O)CC(c2ccccc2)C3)cc1. The van der Waals surface area contributed by atoms with Gasteiger partial charge in [-0.3, -0.25) is 9.59 Å². The van der Waals surface area contributed by atoms with Crippen LogP contribution in [-0.4, -0.2) is 31.6 Å². The predicted molar refractivity (Wildman–Crippen MR) is 187 cm³/mol. The van der Waals surface area contributed by atoms with E-state index in [9.17, 15) is 9.59 Å². The molecule has 0 radical (unpaired) electrons. The normalized spacial score (nSPS) is 26.4. The van der Waals surface area contributed by atoms with Crippen LogP contribution in [0.2, 0.25) is 0 Å². The van der Waals surface area contributed by atoms with E-state index in [4.69, 9.17) is 18.9 Å². The van der Waals surface area contributed by atoms with Crippen LogP contribution in [0.3, 0.4) is 0 Å². The number of ketones is 2. The van der Waals surface area contributed by atoms with Crippen molar-refractivity contribution in [2.24, 2.45) is 0 Å². The Labute approximate surface area is 287 Å². The molecular formula is C43H40O6. The van der Waals surface area contributed by atoms with Gasteiger partial charge in [0.05, 0.1) is 14.2 Å². The smallest absolute Gasteiger partial charge is 0.252 e. The van der Waals surface area contributed by atoms with E-state index < -0.39 is 5.79 Å². The van der Waals surface area contributed by atoms with Crippen molar-refractivity contribution in [3.63, 3.8) is 0 Å². The summed E-state index contributed by atoms with van der Waals surface area (Å²) in [5.41, 5.74) is 5.78. The van der Waals surface area contributed by atoms with Crippen LogP contribution in [0.1, 0.15) is 84.5 Å². The average molecular weight is 653 g/mol. The molecule has 8 rings (SSSR count). The molecule has 2 aliphatic carbocycles. The zero-order valence-corrected chi connectivity index (χ0v) is 27.9. The van der Waals surface area contributed by atoms with E-state index in [1.165, 1.54) is 0 Å². The maximum absolute atomic E-state index is 14.1. The number of carbonyl (C=O) groups excluding carboxylic acids is 2. The zero-order chi connectivity index (χ0) is 33.5. The summed E-state index contributed by atoms with van der Waals surface area (Å²) in [5, 5.41) is 0. The molecule has 0 amide bonds. The number of rotatable bonds is 6. The van der Waals surface area contributed by atoms with Gasteiger partial charge in [0.25, 0.3) is 5.79 Å². The Morgan fingerprint density at radius 1 is 0.510 bits per heavy atom. The quantitative estimate of drug-likeness (QED) is 0.207. The number of hydrogen-bond donors (Lipinski definition) is 0. The zero-order valence-electron chi connectivity index (χ0n) is 27.9. The maximum atomic E-state index is 14.1. The summed E-state index contributed by atoms with van der Waals surface area (Å²) in [6, 6.07) is 36.4.